The zero-order valence-corrected chi connectivity index (χ0v) is 9.23. The topological polar surface area (TPSA) is 73.6 Å². The standard InChI is InChI=1S/C11H16N2O3/c1-15-10-5-3-2-4-9(10)13-11(14)8-16-7-6-12/h2-5H,6-8,12H2,1H3,(H,13,14). The molecule has 0 atom stereocenters. The van der Waals surface area contributed by atoms with Crippen molar-refractivity contribution in [1.29, 1.82) is 0 Å². The first-order chi connectivity index (χ1) is 7.77. The minimum atomic E-state index is -0.224. The van der Waals surface area contributed by atoms with Crippen LogP contribution in [0, 0.1) is 0 Å². The molecular formula is C11H16N2O3. The summed E-state index contributed by atoms with van der Waals surface area (Å²) in [6.45, 7) is 0.774. The molecule has 5 nitrogen and oxygen atoms in total. The molecule has 0 aromatic heterocycles. The van der Waals surface area contributed by atoms with Gasteiger partial charge in [-0.15, -0.1) is 0 Å². The zero-order valence-electron chi connectivity index (χ0n) is 9.23. The summed E-state index contributed by atoms with van der Waals surface area (Å²) in [5.41, 5.74) is 5.87. The normalized spacial score (nSPS) is 9.88. The van der Waals surface area contributed by atoms with Crippen LogP contribution >= 0.6 is 0 Å². The second-order valence-electron chi connectivity index (χ2n) is 3.09. The number of nitrogens with one attached hydrogen (secondary N) is 1. The summed E-state index contributed by atoms with van der Waals surface area (Å²) in [5, 5.41) is 2.69. The number of nitrogens with two attached hydrogens (primary N) is 1. The molecule has 0 radical (unpaired) electrons. The molecule has 0 fully saturated rings. The molecule has 0 bridgehead atoms. The van der Waals surface area contributed by atoms with Crippen LogP contribution in [0.15, 0.2) is 24.3 Å². The van der Waals surface area contributed by atoms with Crippen molar-refractivity contribution < 1.29 is 14.3 Å². The Morgan fingerprint density at radius 3 is 2.88 bits per heavy atom. The smallest absolute Gasteiger partial charge is 0.250 e. The van der Waals surface area contributed by atoms with Gasteiger partial charge in [-0.1, -0.05) is 12.1 Å². The highest BCUT2D eigenvalue weighted by Gasteiger charge is 2.06. The van der Waals surface area contributed by atoms with Gasteiger partial charge in [-0.25, -0.2) is 0 Å². The van der Waals surface area contributed by atoms with Gasteiger partial charge in [0.2, 0.25) is 5.91 Å². The Hall–Kier alpha value is -1.59. The van der Waals surface area contributed by atoms with E-state index in [2.05, 4.69) is 5.32 Å². The zero-order chi connectivity index (χ0) is 11.8. The molecule has 16 heavy (non-hydrogen) atoms. The van der Waals surface area contributed by atoms with Gasteiger partial charge < -0.3 is 20.5 Å². The molecule has 0 aliphatic heterocycles. The lowest BCUT2D eigenvalue weighted by atomic mass is 10.3. The van der Waals surface area contributed by atoms with E-state index in [9.17, 15) is 4.79 Å². The second-order valence-corrected chi connectivity index (χ2v) is 3.09. The third-order valence-electron chi connectivity index (χ3n) is 1.88. The molecule has 0 saturated heterocycles. The third-order valence-corrected chi connectivity index (χ3v) is 1.88. The number of ether oxygens (including phenoxy) is 2. The molecule has 1 amide bonds. The van der Waals surface area contributed by atoms with Crippen LogP contribution in [0.5, 0.6) is 5.75 Å². The minimum Gasteiger partial charge on any atom is -0.495 e. The van der Waals surface area contributed by atoms with Crippen LogP contribution in [-0.2, 0) is 9.53 Å². The lowest BCUT2D eigenvalue weighted by molar-refractivity contribution is -0.120. The first-order valence-corrected chi connectivity index (χ1v) is 4.98. The highest BCUT2D eigenvalue weighted by Crippen LogP contribution is 2.22. The minimum absolute atomic E-state index is 0.00471. The van der Waals surface area contributed by atoms with Crippen LogP contribution in [-0.4, -0.2) is 32.8 Å². The fraction of sp³-hybridized carbons (Fsp3) is 0.364. The van der Waals surface area contributed by atoms with Gasteiger partial charge >= 0.3 is 0 Å². The van der Waals surface area contributed by atoms with Crippen LogP contribution in [0.3, 0.4) is 0 Å². The Labute approximate surface area is 94.5 Å². The Morgan fingerprint density at radius 1 is 1.44 bits per heavy atom. The van der Waals surface area contributed by atoms with Gasteiger partial charge in [0.25, 0.3) is 0 Å². The van der Waals surface area contributed by atoms with Crippen LogP contribution in [0.2, 0.25) is 0 Å². The van der Waals surface area contributed by atoms with E-state index in [1.165, 1.54) is 0 Å². The maximum Gasteiger partial charge on any atom is 0.250 e. The molecule has 5 heteroatoms. The molecular weight excluding hydrogens is 208 g/mol. The van der Waals surface area contributed by atoms with E-state index in [0.29, 0.717) is 24.6 Å². The summed E-state index contributed by atoms with van der Waals surface area (Å²) in [6.07, 6.45) is 0. The molecule has 0 unspecified atom stereocenters. The van der Waals surface area contributed by atoms with Crippen LogP contribution in [0.4, 0.5) is 5.69 Å². The molecule has 3 N–H and O–H groups in total. The SMILES string of the molecule is COc1ccccc1NC(=O)COCCN. The average Bonchev–Trinajstić information content (AvgIpc) is 2.30. The molecule has 88 valence electrons. The van der Waals surface area contributed by atoms with Crippen molar-refractivity contribution in [3.05, 3.63) is 24.3 Å². The fourth-order valence-electron chi connectivity index (χ4n) is 1.18. The summed E-state index contributed by atoms with van der Waals surface area (Å²) in [5.74, 6) is 0.396. The van der Waals surface area contributed by atoms with Gasteiger partial charge in [0.1, 0.15) is 12.4 Å². The van der Waals surface area contributed by atoms with Gasteiger partial charge in [0, 0.05) is 6.54 Å². The largest absolute Gasteiger partial charge is 0.495 e. The molecule has 1 aromatic rings. The van der Waals surface area contributed by atoms with Crippen molar-refractivity contribution >= 4 is 11.6 Å². The Balaban J connectivity index is 2.49. The summed E-state index contributed by atoms with van der Waals surface area (Å²) < 4.78 is 10.1. The van der Waals surface area contributed by atoms with Crippen LogP contribution < -0.4 is 15.8 Å². The van der Waals surface area contributed by atoms with Crippen LogP contribution in [0.1, 0.15) is 0 Å². The van der Waals surface area contributed by atoms with Crippen LogP contribution in [0.25, 0.3) is 0 Å². The molecule has 1 rings (SSSR count). The van der Waals surface area contributed by atoms with Gasteiger partial charge in [0.05, 0.1) is 19.4 Å². The van der Waals surface area contributed by atoms with Crippen molar-refractivity contribution in [3.63, 3.8) is 0 Å². The van der Waals surface area contributed by atoms with Crippen molar-refractivity contribution in [2.45, 2.75) is 0 Å². The fourth-order valence-corrected chi connectivity index (χ4v) is 1.18. The van der Waals surface area contributed by atoms with Crippen molar-refractivity contribution in [2.24, 2.45) is 5.73 Å². The number of hydrogen-bond acceptors (Lipinski definition) is 4. The molecule has 0 saturated carbocycles. The second kappa shape index (κ2) is 6.81. The molecule has 0 aliphatic carbocycles. The first-order valence-electron chi connectivity index (χ1n) is 4.98. The maximum atomic E-state index is 11.4. The quantitative estimate of drug-likeness (QED) is 0.694. The number of benzene rings is 1. The Kier molecular flexibility index (Phi) is 5.31. The predicted molar refractivity (Wildman–Crippen MR) is 61.5 cm³/mol. The summed E-state index contributed by atoms with van der Waals surface area (Å²) in [7, 11) is 1.55. The van der Waals surface area contributed by atoms with E-state index in [1.54, 1.807) is 19.2 Å². The first kappa shape index (κ1) is 12.5. The lowest BCUT2D eigenvalue weighted by Gasteiger charge is -2.09. The van der Waals surface area contributed by atoms with Crippen molar-refractivity contribution in [2.75, 3.05) is 32.2 Å². The Morgan fingerprint density at radius 2 is 2.19 bits per heavy atom. The Bertz CT molecular complexity index is 342. The van der Waals surface area contributed by atoms with Crippen molar-refractivity contribution in [3.8, 4) is 5.75 Å². The lowest BCUT2D eigenvalue weighted by Crippen LogP contribution is -2.20. The maximum absolute atomic E-state index is 11.4. The molecule has 1 aromatic carbocycles. The predicted octanol–water partition coefficient (Wildman–Crippen LogP) is 0.609. The summed E-state index contributed by atoms with van der Waals surface area (Å²) in [4.78, 5) is 11.4. The molecule has 0 heterocycles. The average molecular weight is 224 g/mol. The van der Waals surface area contributed by atoms with Gasteiger partial charge in [0.15, 0.2) is 0 Å². The number of anilines is 1. The number of para-hydroxylation sites is 2. The number of rotatable bonds is 6. The highest BCUT2D eigenvalue weighted by atomic mass is 16.5. The van der Waals surface area contributed by atoms with Gasteiger partial charge in [-0.3, -0.25) is 4.79 Å². The van der Waals surface area contributed by atoms with E-state index in [1.807, 2.05) is 12.1 Å². The molecule has 0 spiro atoms. The summed E-state index contributed by atoms with van der Waals surface area (Å²) >= 11 is 0. The van der Waals surface area contributed by atoms with E-state index in [0.717, 1.165) is 0 Å². The number of carbonyl (C=O) groups excluding carboxylic acids is 1. The summed E-state index contributed by atoms with van der Waals surface area (Å²) in [6, 6.07) is 7.19. The van der Waals surface area contributed by atoms with E-state index in [-0.39, 0.29) is 12.5 Å². The van der Waals surface area contributed by atoms with Gasteiger partial charge in [-0.05, 0) is 12.1 Å². The van der Waals surface area contributed by atoms with E-state index in [4.69, 9.17) is 15.2 Å². The highest BCUT2D eigenvalue weighted by molar-refractivity contribution is 5.93. The third kappa shape index (κ3) is 3.88. The monoisotopic (exact) mass is 224 g/mol. The van der Waals surface area contributed by atoms with Crippen molar-refractivity contribution in [1.82, 2.24) is 0 Å². The van der Waals surface area contributed by atoms with Gasteiger partial charge in [-0.2, -0.15) is 0 Å². The van der Waals surface area contributed by atoms with E-state index < -0.39 is 0 Å². The number of carbonyl (C=O) groups is 1. The number of methoxy groups -OCH3 is 1. The molecule has 0 aliphatic rings. The number of amides is 1. The van der Waals surface area contributed by atoms with E-state index >= 15 is 0 Å². The number of hydrogen-bond donors (Lipinski definition) is 2.